The molecule has 28 heavy (non-hydrogen) atoms. The highest BCUT2D eigenvalue weighted by molar-refractivity contribution is 7.89. The van der Waals surface area contributed by atoms with E-state index in [0.29, 0.717) is 13.0 Å². The van der Waals surface area contributed by atoms with Crippen LogP contribution in [-0.2, 0) is 16.4 Å². The summed E-state index contributed by atoms with van der Waals surface area (Å²) in [6.45, 7) is 0.365. The van der Waals surface area contributed by atoms with E-state index in [9.17, 15) is 18.5 Å². The molecule has 1 fully saturated rings. The highest BCUT2D eigenvalue weighted by Gasteiger charge is 2.23. The van der Waals surface area contributed by atoms with Gasteiger partial charge in [0, 0.05) is 12.6 Å². The summed E-state index contributed by atoms with van der Waals surface area (Å²) in [5.41, 5.74) is 6.05. The molecular weight excluding hydrogens is 384 g/mol. The molecule has 1 saturated carbocycles. The lowest BCUT2D eigenvalue weighted by Gasteiger charge is -2.13. The minimum atomic E-state index is -3.52. The number of benzene rings is 1. The molecule has 0 aliphatic heterocycles. The van der Waals surface area contributed by atoms with Gasteiger partial charge in [-0.2, -0.15) is 0 Å². The van der Waals surface area contributed by atoms with Crippen LogP contribution in [0.15, 0.2) is 35.5 Å². The number of sulfonamides is 1. The second kappa shape index (κ2) is 8.48. The van der Waals surface area contributed by atoms with Gasteiger partial charge in [-0.15, -0.1) is 0 Å². The van der Waals surface area contributed by atoms with Crippen LogP contribution in [0.4, 0.5) is 17.3 Å². The van der Waals surface area contributed by atoms with Crippen molar-refractivity contribution >= 4 is 27.3 Å². The molecule has 1 aromatic carbocycles. The summed E-state index contributed by atoms with van der Waals surface area (Å²) in [5, 5.41) is 13.9. The third kappa shape index (κ3) is 4.73. The van der Waals surface area contributed by atoms with E-state index in [2.05, 4.69) is 20.0 Å². The summed E-state index contributed by atoms with van der Waals surface area (Å²) >= 11 is 0. The maximum atomic E-state index is 12.4. The number of rotatable bonds is 8. The van der Waals surface area contributed by atoms with E-state index in [1.54, 1.807) is 24.3 Å². The van der Waals surface area contributed by atoms with Gasteiger partial charge in [0.2, 0.25) is 21.7 Å². The summed E-state index contributed by atoms with van der Waals surface area (Å²) in [5.74, 6) is -0.149. The summed E-state index contributed by atoms with van der Waals surface area (Å²) in [4.78, 5) is 18.1. The molecule has 0 bridgehead atoms. The fraction of sp³-hybridized carbons (Fsp3) is 0.412. The van der Waals surface area contributed by atoms with Crippen molar-refractivity contribution in [2.75, 3.05) is 17.6 Å². The van der Waals surface area contributed by atoms with Gasteiger partial charge in [0.25, 0.3) is 0 Å². The first-order valence-electron chi connectivity index (χ1n) is 8.97. The third-order valence-electron chi connectivity index (χ3n) is 4.65. The highest BCUT2D eigenvalue weighted by Crippen LogP contribution is 2.26. The average Bonchev–Trinajstić information content (AvgIpc) is 3.14. The number of nitro groups is 1. The van der Waals surface area contributed by atoms with Gasteiger partial charge >= 0.3 is 5.69 Å². The normalized spacial score (nSPS) is 14.9. The molecule has 0 amide bonds. The van der Waals surface area contributed by atoms with Gasteiger partial charge in [-0.05, 0) is 37.0 Å². The van der Waals surface area contributed by atoms with E-state index < -0.39 is 14.9 Å². The Labute approximate surface area is 162 Å². The number of hydrogen-bond donors (Lipinski definition) is 3. The lowest BCUT2D eigenvalue weighted by molar-refractivity contribution is -0.383. The minimum absolute atomic E-state index is 0.0185. The SMILES string of the molecule is Nc1ncnc(NCCc2ccc(S(=O)(=O)NC3CCCC3)cc2)c1[N+](=O)[O-]. The summed E-state index contributed by atoms with van der Waals surface area (Å²) in [6.07, 6.45) is 5.54. The van der Waals surface area contributed by atoms with Gasteiger partial charge in [0.05, 0.1) is 9.82 Å². The van der Waals surface area contributed by atoms with Crippen LogP contribution in [0.1, 0.15) is 31.2 Å². The number of nitrogens with zero attached hydrogens (tertiary/aromatic N) is 3. The topological polar surface area (TPSA) is 153 Å². The van der Waals surface area contributed by atoms with Gasteiger partial charge < -0.3 is 11.1 Å². The van der Waals surface area contributed by atoms with Crippen LogP contribution in [0, 0.1) is 10.1 Å². The first-order valence-corrected chi connectivity index (χ1v) is 10.4. The molecule has 1 aliphatic rings. The second-order valence-corrected chi connectivity index (χ2v) is 8.35. The second-order valence-electron chi connectivity index (χ2n) is 6.64. The van der Waals surface area contributed by atoms with Crippen molar-refractivity contribution in [1.82, 2.24) is 14.7 Å². The van der Waals surface area contributed by atoms with Gasteiger partial charge in [-0.3, -0.25) is 10.1 Å². The smallest absolute Gasteiger partial charge is 0.352 e. The van der Waals surface area contributed by atoms with E-state index in [1.807, 2.05) is 0 Å². The molecule has 4 N–H and O–H groups in total. The van der Waals surface area contributed by atoms with Crippen molar-refractivity contribution in [3.8, 4) is 0 Å². The zero-order valence-corrected chi connectivity index (χ0v) is 16.0. The monoisotopic (exact) mass is 406 g/mol. The fourth-order valence-electron chi connectivity index (χ4n) is 3.19. The lowest BCUT2D eigenvalue weighted by atomic mass is 10.1. The molecule has 3 rings (SSSR count). The Hall–Kier alpha value is -2.79. The molecule has 1 heterocycles. The Balaban J connectivity index is 1.59. The van der Waals surface area contributed by atoms with Gasteiger partial charge in [-0.25, -0.2) is 23.1 Å². The first-order chi connectivity index (χ1) is 13.4. The largest absolute Gasteiger partial charge is 0.378 e. The molecule has 0 saturated heterocycles. The number of nitrogen functional groups attached to an aromatic ring is 1. The summed E-state index contributed by atoms with van der Waals surface area (Å²) < 4.78 is 27.6. The van der Waals surface area contributed by atoms with Crippen molar-refractivity contribution in [3.05, 3.63) is 46.3 Å². The van der Waals surface area contributed by atoms with E-state index in [-0.39, 0.29) is 28.3 Å². The predicted molar refractivity (Wildman–Crippen MR) is 104 cm³/mol. The highest BCUT2D eigenvalue weighted by atomic mass is 32.2. The van der Waals surface area contributed by atoms with Crippen LogP contribution in [-0.4, -0.2) is 35.9 Å². The number of nitrogens with one attached hydrogen (secondary N) is 2. The van der Waals surface area contributed by atoms with Gasteiger partial charge in [-0.1, -0.05) is 25.0 Å². The average molecular weight is 406 g/mol. The van der Waals surface area contributed by atoms with Crippen molar-refractivity contribution < 1.29 is 13.3 Å². The molecule has 0 unspecified atom stereocenters. The Morgan fingerprint density at radius 1 is 1.18 bits per heavy atom. The summed E-state index contributed by atoms with van der Waals surface area (Å²) in [7, 11) is -3.52. The van der Waals surface area contributed by atoms with Crippen LogP contribution in [0.25, 0.3) is 0 Å². The van der Waals surface area contributed by atoms with Crippen LogP contribution < -0.4 is 15.8 Å². The predicted octanol–water partition coefficient (Wildman–Crippen LogP) is 1.84. The minimum Gasteiger partial charge on any atom is -0.378 e. The van der Waals surface area contributed by atoms with Crippen molar-refractivity contribution in [1.29, 1.82) is 0 Å². The Bertz CT molecular complexity index is 943. The zero-order valence-electron chi connectivity index (χ0n) is 15.2. The van der Waals surface area contributed by atoms with E-state index >= 15 is 0 Å². The lowest BCUT2D eigenvalue weighted by Crippen LogP contribution is -2.32. The molecule has 1 aromatic heterocycles. The molecular formula is C17H22N6O4S. The molecule has 11 heteroatoms. The maximum absolute atomic E-state index is 12.4. The molecule has 150 valence electrons. The molecule has 0 atom stereocenters. The molecule has 1 aliphatic carbocycles. The number of aromatic nitrogens is 2. The summed E-state index contributed by atoms with van der Waals surface area (Å²) in [6, 6.07) is 6.61. The number of anilines is 2. The standard InChI is InChI=1S/C17H22N6O4S/c18-16-15(23(24)25)17(21-11-20-16)19-10-9-12-5-7-14(8-6-12)28(26,27)22-13-3-1-2-4-13/h5-8,11,13,22H,1-4,9-10H2,(H3,18,19,20,21). The van der Waals surface area contributed by atoms with Crippen LogP contribution in [0.2, 0.25) is 0 Å². The van der Waals surface area contributed by atoms with E-state index in [0.717, 1.165) is 37.6 Å². The van der Waals surface area contributed by atoms with Crippen molar-refractivity contribution in [2.24, 2.45) is 0 Å². The van der Waals surface area contributed by atoms with Crippen LogP contribution in [0.3, 0.4) is 0 Å². The number of nitrogens with two attached hydrogens (primary N) is 1. The van der Waals surface area contributed by atoms with E-state index in [1.165, 1.54) is 0 Å². The molecule has 0 spiro atoms. The Kier molecular flexibility index (Phi) is 6.05. The molecule has 10 nitrogen and oxygen atoms in total. The quantitative estimate of drug-likeness (QED) is 0.443. The fourth-order valence-corrected chi connectivity index (χ4v) is 4.50. The molecule has 0 radical (unpaired) electrons. The van der Waals surface area contributed by atoms with Crippen LogP contribution in [0.5, 0.6) is 0 Å². The Morgan fingerprint density at radius 3 is 2.50 bits per heavy atom. The van der Waals surface area contributed by atoms with Crippen LogP contribution >= 0.6 is 0 Å². The van der Waals surface area contributed by atoms with Crippen molar-refractivity contribution in [3.63, 3.8) is 0 Å². The van der Waals surface area contributed by atoms with Gasteiger partial charge in [0.1, 0.15) is 6.33 Å². The van der Waals surface area contributed by atoms with Crippen molar-refractivity contribution in [2.45, 2.75) is 43.0 Å². The molecule has 2 aromatic rings. The first kappa shape index (κ1) is 20.0. The third-order valence-corrected chi connectivity index (χ3v) is 6.19. The maximum Gasteiger partial charge on any atom is 0.352 e. The Morgan fingerprint density at radius 2 is 1.86 bits per heavy atom. The zero-order chi connectivity index (χ0) is 20.1. The number of hydrogen-bond acceptors (Lipinski definition) is 8. The van der Waals surface area contributed by atoms with E-state index in [4.69, 9.17) is 5.73 Å². The van der Waals surface area contributed by atoms with Gasteiger partial charge in [0.15, 0.2) is 0 Å².